The number of hydrogen-bond acceptors (Lipinski definition) is 4. The monoisotopic (exact) mass is 469 g/mol. The zero-order chi connectivity index (χ0) is 23.2. The zero-order valence-electron chi connectivity index (χ0n) is 20.1. The molecule has 0 aromatic heterocycles. The zero-order valence-corrected chi connectivity index (χ0v) is 21.6. The molecule has 1 aliphatic carbocycles. The third-order valence-corrected chi connectivity index (χ3v) is 7.63. The second-order valence-corrected chi connectivity index (χ2v) is 13.1. The van der Waals surface area contributed by atoms with E-state index in [9.17, 15) is 9.35 Å². The number of rotatable bonds is 5. The first-order valence-corrected chi connectivity index (χ1v) is 13.1. The van der Waals surface area contributed by atoms with Gasteiger partial charge in [-0.25, -0.2) is 0 Å². The molecule has 0 bridgehead atoms. The van der Waals surface area contributed by atoms with Crippen molar-refractivity contribution >= 4 is 28.9 Å². The van der Waals surface area contributed by atoms with Crippen molar-refractivity contribution in [1.82, 2.24) is 4.72 Å². The molecule has 0 saturated heterocycles. The summed E-state index contributed by atoms with van der Waals surface area (Å²) in [6.07, 6.45) is 7.35. The molecule has 0 saturated carbocycles. The summed E-state index contributed by atoms with van der Waals surface area (Å²) in [4.78, 5) is 12.2. The summed E-state index contributed by atoms with van der Waals surface area (Å²) in [5, 5.41) is 0.799. The average Bonchev–Trinajstić information content (AvgIpc) is 2.64. The van der Waals surface area contributed by atoms with Crippen molar-refractivity contribution in [3.8, 4) is 0 Å². The molecule has 6 heteroatoms. The number of nitrogens with one attached hydrogen (secondary N) is 1. The van der Waals surface area contributed by atoms with Crippen LogP contribution in [0.25, 0.3) is 0 Å². The molecule has 31 heavy (non-hydrogen) atoms. The van der Waals surface area contributed by atoms with Crippen LogP contribution in [0.3, 0.4) is 0 Å². The molecule has 0 fully saturated rings. The summed E-state index contributed by atoms with van der Waals surface area (Å²) >= 11 is 5.39. The number of hydrogen-bond donors (Lipinski definition) is 1. The topological polar surface area (TPSA) is 61.4 Å². The second-order valence-electron chi connectivity index (χ2n) is 10.7. The summed E-state index contributed by atoms with van der Waals surface area (Å²) < 4.78 is 21.5. The van der Waals surface area contributed by atoms with E-state index in [-0.39, 0.29) is 16.8 Å². The SMILES string of the molecule is CC(C)(C)OC(=O)CCC1CCCCc2c(Cl)cccc2[C@@H](N[S+]([O-])C(C)(C)C)CC1. The van der Waals surface area contributed by atoms with E-state index < -0.39 is 17.0 Å². The molecule has 0 radical (unpaired) electrons. The minimum atomic E-state index is -1.17. The quantitative estimate of drug-likeness (QED) is 0.386. The minimum Gasteiger partial charge on any atom is -0.598 e. The summed E-state index contributed by atoms with van der Waals surface area (Å²) in [7, 11) is 0. The Kier molecular flexibility index (Phi) is 9.75. The maximum Gasteiger partial charge on any atom is 0.306 e. The maximum atomic E-state index is 12.9. The van der Waals surface area contributed by atoms with E-state index in [0.29, 0.717) is 12.3 Å². The predicted octanol–water partition coefficient (Wildman–Crippen LogP) is 6.68. The molecule has 0 aliphatic heterocycles. The van der Waals surface area contributed by atoms with Gasteiger partial charge in [0.25, 0.3) is 0 Å². The van der Waals surface area contributed by atoms with Crippen LogP contribution in [-0.2, 0) is 27.3 Å². The number of benzene rings is 1. The molecule has 1 aromatic rings. The number of halogens is 1. The van der Waals surface area contributed by atoms with Gasteiger partial charge in [-0.1, -0.05) is 36.6 Å². The molecule has 3 atom stereocenters. The third-order valence-electron chi connectivity index (χ3n) is 5.67. The number of carbonyl (C=O) groups excluding carboxylic acids is 1. The molecule has 176 valence electrons. The van der Waals surface area contributed by atoms with Gasteiger partial charge in [0.05, 0.1) is 6.04 Å². The molecule has 2 unspecified atom stereocenters. The Labute approximate surface area is 197 Å². The van der Waals surface area contributed by atoms with E-state index in [2.05, 4.69) is 10.8 Å². The molecule has 1 aliphatic rings. The first-order valence-electron chi connectivity index (χ1n) is 11.5. The van der Waals surface area contributed by atoms with Crippen LogP contribution >= 0.6 is 11.6 Å². The van der Waals surface area contributed by atoms with Crippen LogP contribution in [0.5, 0.6) is 0 Å². The maximum absolute atomic E-state index is 12.9. The van der Waals surface area contributed by atoms with Crippen molar-refractivity contribution in [3.63, 3.8) is 0 Å². The van der Waals surface area contributed by atoms with Gasteiger partial charge in [0, 0.05) is 22.8 Å². The van der Waals surface area contributed by atoms with E-state index in [0.717, 1.165) is 55.5 Å². The molecule has 0 heterocycles. The predicted molar refractivity (Wildman–Crippen MR) is 131 cm³/mol. The fourth-order valence-electron chi connectivity index (χ4n) is 4.03. The number of carbonyl (C=O) groups is 1. The fourth-order valence-corrected chi connectivity index (χ4v) is 5.17. The summed E-state index contributed by atoms with van der Waals surface area (Å²) in [5.41, 5.74) is 1.90. The minimum absolute atomic E-state index is 0.0177. The van der Waals surface area contributed by atoms with Crippen LogP contribution in [0.2, 0.25) is 5.02 Å². The Morgan fingerprint density at radius 3 is 2.52 bits per heavy atom. The number of fused-ring (bicyclic) bond motifs is 1. The first-order chi connectivity index (χ1) is 14.4. The normalized spacial score (nSPS) is 21.8. The van der Waals surface area contributed by atoms with Gasteiger partial charge >= 0.3 is 5.97 Å². The van der Waals surface area contributed by atoms with Gasteiger partial charge in [0.2, 0.25) is 0 Å². The lowest BCUT2D eigenvalue weighted by Gasteiger charge is -2.31. The van der Waals surface area contributed by atoms with E-state index >= 15 is 0 Å². The fraction of sp³-hybridized carbons (Fsp3) is 0.720. The average molecular weight is 470 g/mol. The third kappa shape index (κ3) is 8.95. The van der Waals surface area contributed by atoms with Gasteiger partial charge in [0.1, 0.15) is 10.3 Å². The molecule has 0 spiro atoms. The Hall–Kier alpha value is -0.750. The smallest absolute Gasteiger partial charge is 0.306 e. The first kappa shape index (κ1) is 26.5. The van der Waals surface area contributed by atoms with E-state index in [1.165, 1.54) is 5.56 Å². The highest BCUT2D eigenvalue weighted by Crippen LogP contribution is 2.35. The van der Waals surface area contributed by atoms with Gasteiger partial charge in [0.15, 0.2) is 0 Å². The van der Waals surface area contributed by atoms with Crippen LogP contribution in [0, 0.1) is 5.92 Å². The highest BCUT2D eigenvalue weighted by molar-refractivity contribution is 7.90. The van der Waals surface area contributed by atoms with Crippen molar-refractivity contribution < 1.29 is 14.1 Å². The van der Waals surface area contributed by atoms with Gasteiger partial charge < -0.3 is 9.29 Å². The highest BCUT2D eigenvalue weighted by Gasteiger charge is 2.31. The lowest BCUT2D eigenvalue weighted by Crippen LogP contribution is -2.41. The van der Waals surface area contributed by atoms with Crippen molar-refractivity contribution in [2.75, 3.05) is 0 Å². The van der Waals surface area contributed by atoms with E-state index in [1.807, 2.05) is 53.7 Å². The van der Waals surface area contributed by atoms with Crippen LogP contribution in [0.1, 0.15) is 104 Å². The van der Waals surface area contributed by atoms with E-state index in [4.69, 9.17) is 16.3 Å². The van der Waals surface area contributed by atoms with Crippen molar-refractivity contribution in [3.05, 3.63) is 34.3 Å². The van der Waals surface area contributed by atoms with Crippen molar-refractivity contribution in [2.24, 2.45) is 5.92 Å². The van der Waals surface area contributed by atoms with Crippen molar-refractivity contribution in [2.45, 2.75) is 109 Å². The van der Waals surface area contributed by atoms with Gasteiger partial charge in [-0.3, -0.25) is 4.79 Å². The van der Waals surface area contributed by atoms with Gasteiger partial charge in [-0.2, -0.15) is 0 Å². The Balaban J connectivity index is 2.15. The molecule has 1 aromatic carbocycles. The van der Waals surface area contributed by atoms with Gasteiger partial charge in [-0.05, 0) is 96.8 Å². The number of ether oxygens (including phenoxy) is 1. The summed E-state index contributed by atoms with van der Waals surface area (Å²) in [6.45, 7) is 11.7. The highest BCUT2D eigenvalue weighted by atomic mass is 35.5. The molecule has 0 amide bonds. The lowest BCUT2D eigenvalue weighted by atomic mass is 9.85. The van der Waals surface area contributed by atoms with Crippen molar-refractivity contribution in [1.29, 1.82) is 0 Å². The Bertz CT molecular complexity index is 726. The summed E-state index contributed by atoms with van der Waals surface area (Å²) in [6, 6.07) is 6.04. The van der Waals surface area contributed by atoms with Crippen LogP contribution in [0.15, 0.2) is 18.2 Å². The molecule has 1 N–H and O–H groups in total. The Morgan fingerprint density at radius 2 is 1.87 bits per heavy atom. The Morgan fingerprint density at radius 1 is 1.16 bits per heavy atom. The van der Waals surface area contributed by atoms with Crippen LogP contribution in [0.4, 0.5) is 0 Å². The van der Waals surface area contributed by atoms with Crippen LogP contribution < -0.4 is 4.72 Å². The van der Waals surface area contributed by atoms with Crippen LogP contribution in [-0.4, -0.2) is 20.9 Å². The molecule has 4 nitrogen and oxygen atoms in total. The lowest BCUT2D eigenvalue weighted by molar-refractivity contribution is -0.155. The molecule has 2 rings (SSSR count). The molecular weight excluding hydrogens is 430 g/mol. The van der Waals surface area contributed by atoms with E-state index in [1.54, 1.807) is 0 Å². The molecular formula is C25H40ClNO3S. The second kappa shape index (κ2) is 11.4. The summed E-state index contributed by atoms with van der Waals surface area (Å²) in [5.74, 6) is 0.339. The largest absolute Gasteiger partial charge is 0.598 e. The standard InChI is InChI=1S/C25H40ClNO3S/c1-24(2,3)30-23(28)17-15-18-10-7-8-11-19-20(12-9-13-21(19)26)22(16-14-18)27-31(29)25(4,5)6/h9,12-13,18,22,27H,7-8,10-11,14-17H2,1-6H3/t18?,22-,31?/m0/s1. The number of esters is 1. The van der Waals surface area contributed by atoms with Gasteiger partial charge in [-0.15, -0.1) is 4.72 Å².